The fourth-order valence-corrected chi connectivity index (χ4v) is 2.78. The summed E-state index contributed by atoms with van der Waals surface area (Å²) in [5.74, 6) is 0. The maximum atomic E-state index is 11.6. The first-order valence-corrected chi connectivity index (χ1v) is 7.04. The molecule has 0 atom stereocenters. The molecule has 0 aliphatic carbocycles. The van der Waals surface area contributed by atoms with Crippen molar-refractivity contribution in [2.24, 2.45) is 4.40 Å². The van der Waals surface area contributed by atoms with Gasteiger partial charge < -0.3 is 4.74 Å². The molecule has 8 heteroatoms. The van der Waals surface area contributed by atoms with Gasteiger partial charge in [-0.15, -0.1) is 28.8 Å². The van der Waals surface area contributed by atoms with Crippen molar-refractivity contribution in [2.75, 3.05) is 32.6 Å². The lowest BCUT2D eigenvalue weighted by molar-refractivity contribution is 0.0731. The molecule has 0 saturated carbocycles. The van der Waals surface area contributed by atoms with Crippen LogP contribution in [0.3, 0.4) is 0 Å². The number of hydrogen-bond acceptors (Lipinski definition) is 4. The van der Waals surface area contributed by atoms with Gasteiger partial charge in [-0.25, -0.2) is 0 Å². The predicted molar refractivity (Wildman–Crippen MR) is 61.2 cm³/mol. The Hall–Kier alpha value is 0.240. The Balaban J connectivity index is 2.73. The molecule has 0 aromatic carbocycles. The molecule has 82 valence electrons. The smallest absolute Gasteiger partial charge is 0.324 e. The van der Waals surface area contributed by atoms with Gasteiger partial charge in [0.05, 0.1) is 13.2 Å². The number of thiol groups is 1. The summed E-state index contributed by atoms with van der Waals surface area (Å²) in [6.07, 6.45) is 1.72. The molecule has 0 aromatic heterocycles. The SMILES string of the molecule is CSC(S)=NS(=O)(=O)N1CCOCC1. The number of thioether (sulfide) groups is 1. The van der Waals surface area contributed by atoms with Gasteiger partial charge in [-0.1, -0.05) is 0 Å². The highest BCUT2D eigenvalue weighted by atomic mass is 32.2. The molecule has 0 bridgehead atoms. The first-order chi connectivity index (χ1) is 6.56. The van der Waals surface area contributed by atoms with Crippen molar-refractivity contribution in [3.8, 4) is 0 Å². The van der Waals surface area contributed by atoms with Crippen LogP contribution in [0.25, 0.3) is 0 Å². The highest BCUT2D eigenvalue weighted by molar-refractivity contribution is 8.32. The zero-order valence-electron chi connectivity index (χ0n) is 7.71. The molecule has 0 spiro atoms. The van der Waals surface area contributed by atoms with Crippen LogP contribution in [-0.4, -0.2) is 49.7 Å². The number of hydrogen-bond donors (Lipinski definition) is 1. The topological polar surface area (TPSA) is 59.0 Å². The van der Waals surface area contributed by atoms with Crippen molar-refractivity contribution in [1.29, 1.82) is 0 Å². The lowest BCUT2D eigenvalue weighted by atomic mass is 10.5. The van der Waals surface area contributed by atoms with Crippen molar-refractivity contribution in [1.82, 2.24) is 4.31 Å². The van der Waals surface area contributed by atoms with Crippen LogP contribution in [0.5, 0.6) is 0 Å². The quantitative estimate of drug-likeness (QED) is 0.436. The molecule has 14 heavy (non-hydrogen) atoms. The van der Waals surface area contributed by atoms with E-state index < -0.39 is 10.2 Å². The van der Waals surface area contributed by atoms with Gasteiger partial charge in [0, 0.05) is 13.1 Å². The largest absolute Gasteiger partial charge is 0.379 e. The molecule has 1 rings (SSSR count). The zero-order valence-corrected chi connectivity index (χ0v) is 10.2. The van der Waals surface area contributed by atoms with Crippen LogP contribution in [0.2, 0.25) is 0 Å². The van der Waals surface area contributed by atoms with Crippen molar-refractivity contribution in [3.63, 3.8) is 0 Å². The van der Waals surface area contributed by atoms with E-state index in [9.17, 15) is 8.42 Å². The second kappa shape index (κ2) is 5.36. The van der Waals surface area contributed by atoms with Crippen molar-refractivity contribution in [3.05, 3.63) is 0 Å². The first-order valence-electron chi connectivity index (χ1n) is 3.97. The molecule has 1 aliphatic rings. The van der Waals surface area contributed by atoms with Gasteiger partial charge in [0.2, 0.25) is 0 Å². The van der Waals surface area contributed by atoms with Crippen LogP contribution in [0, 0.1) is 0 Å². The molecule has 1 aliphatic heterocycles. The van der Waals surface area contributed by atoms with E-state index in [4.69, 9.17) is 4.74 Å². The standard InChI is InChI=1S/C6H12N2O3S3/c1-13-6(12)7-14(9,10)8-2-4-11-5-3-8/h2-5H2,1H3,(H,7,12). The van der Waals surface area contributed by atoms with Crippen LogP contribution in [0.15, 0.2) is 4.40 Å². The Morgan fingerprint density at radius 1 is 1.50 bits per heavy atom. The number of morpholine rings is 1. The van der Waals surface area contributed by atoms with Crippen LogP contribution < -0.4 is 0 Å². The average Bonchev–Trinajstić information content (AvgIpc) is 2.18. The van der Waals surface area contributed by atoms with Crippen LogP contribution >= 0.6 is 24.4 Å². The third kappa shape index (κ3) is 3.43. The fourth-order valence-electron chi connectivity index (χ4n) is 0.971. The summed E-state index contributed by atoms with van der Waals surface area (Å²) in [5.41, 5.74) is 0. The fraction of sp³-hybridized carbons (Fsp3) is 0.833. The maximum absolute atomic E-state index is 11.6. The van der Waals surface area contributed by atoms with E-state index in [1.54, 1.807) is 6.26 Å². The molecule has 0 unspecified atom stereocenters. The Bertz CT molecular complexity index is 308. The summed E-state index contributed by atoms with van der Waals surface area (Å²) >= 11 is 5.11. The van der Waals surface area contributed by atoms with Gasteiger partial charge >= 0.3 is 10.2 Å². The minimum absolute atomic E-state index is 0.247. The lowest BCUT2D eigenvalue weighted by Gasteiger charge is -2.23. The Kier molecular flexibility index (Phi) is 4.71. The maximum Gasteiger partial charge on any atom is 0.324 e. The minimum Gasteiger partial charge on any atom is -0.379 e. The molecule has 1 fully saturated rings. The third-order valence-electron chi connectivity index (χ3n) is 1.67. The van der Waals surface area contributed by atoms with Crippen LogP contribution in [0.1, 0.15) is 0 Å². The highest BCUT2D eigenvalue weighted by Gasteiger charge is 2.23. The summed E-state index contributed by atoms with van der Waals surface area (Å²) in [6, 6.07) is 0. The molecule has 0 radical (unpaired) electrons. The number of nitrogens with zero attached hydrogens (tertiary/aromatic N) is 2. The average molecular weight is 256 g/mol. The predicted octanol–water partition coefficient (Wildman–Crippen LogP) is 0.212. The van der Waals surface area contributed by atoms with Crippen LogP contribution in [0.4, 0.5) is 0 Å². The van der Waals surface area contributed by atoms with E-state index in [0.29, 0.717) is 26.3 Å². The molecular weight excluding hydrogens is 244 g/mol. The van der Waals surface area contributed by atoms with E-state index in [1.165, 1.54) is 16.1 Å². The summed E-state index contributed by atoms with van der Waals surface area (Å²) < 4.78 is 33.3. The summed E-state index contributed by atoms with van der Waals surface area (Å²) in [7, 11) is -3.55. The van der Waals surface area contributed by atoms with Crippen LogP contribution in [-0.2, 0) is 14.9 Å². The van der Waals surface area contributed by atoms with Gasteiger partial charge in [-0.2, -0.15) is 12.7 Å². The van der Waals surface area contributed by atoms with E-state index in [-0.39, 0.29) is 4.38 Å². The van der Waals surface area contributed by atoms with E-state index in [1.807, 2.05) is 0 Å². The summed E-state index contributed by atoms with van der Waals surface area (Å²) in [4.78, 5) is 0. The van der Waals surface area contributed by atoms with Gasteiger partial charge in [-0.05, 0) is 6.26 Å². The molecule has 0 amide bonds. The molecule has 0 aromatic rings. The second-order valence-electron chi connectivity index (χ2n) is 2.57. The molecule has 0 N–H and O–H groups in total. The highest BCUT2D eigenvalue weighted by Crippen LogP contribution is 2.11. The molecular formula is C6H12N2O3S3. The van der Waals surface area contributed by atoms with E-state index in [2.05, 4.69) is 17.0 Å². The van der Waals surface area contributed by atoms with Gasteiger partial charge in [-0.3, -0.25) is 0 Å². The first kappa shape index (κ1) is 12.3. The lowest BCUT2D eigenvalue weighted by Crippen LogP contribution is -2.39. The van der Waals surface area contributed by atoms with Crippen molar-refractivity contribution < 1.29 is 13.2 Å². The molecule has 1 saturated heterocycles. The van der Waals surface area contributed by atoms with E-state index in [0.717, 1.165) is 0 Å². The second-order valence-corrected chi connectivity index (χ2v) is 5.68. The van der Waals surface area contributed by atoms with E-state index >= 15 is 0 Å². The monoisotopic (exact) mass is 256 g/mol. The number of ether oxygens (including phenoxy) is 1. The zero-order chi connectivity index (χ0) is 10.6. The van der Waals surface area contributed by atoms with Crippen molar-refractivity contribution >= 4 is 39.0 Å². The Morgan fingerprint density at radius 2 is 2.07 bits per heavy atom. The van der Waals surface area contributed by atoms with Gasteiger partial charge in [0.25, 0.3) is 0 Å². The van der Waals surface area contributed by atoms with Crippen molar-refractivity contribution in [2.45, 2.75) is 0 Å². The Morgan fingerprint density at radius 3 is 2.57 bits per heavy atom. The third-order valence-corrected chi connectivity index (χ3v) is 4.46. The normalized spacial score (nSPS) is 21.1. The van der Waals surface area contributed by atoms with Gasteiger partial charge in [0.1, 0.15) is 4.38 Å². The molecule has 5 nitrogen and oxygen atoms in total. The Labute approximate surface area is 93.5 Å². The summed E-state index contributed by atoms with van der Waals surface area (Å²) in [5, 5.41) is 0. The van der Waals surface area contributed by atoms with Gasteiger partial charge in [0.15, 0.2) is 0 Å². The number of rotatable bonds is 2. The minimum atomic E-state index is -3.55. The summed E-state index contributed by atoms with van der Waals surface area (Å²) in [6.45, 7) is 1.58. The molecule has 1 heterocycles.